The van der Waals surface area contributed by atoms with Gasteiger partial charge in [-0.1, -0.05) is 23.7 Å². The molecule has 2 aromatic carbocycles. The largest absolute Gasteiger partial charge is 0.497 e. The summed E-state index contributed by atoms with van der Waals surface area (Å²) in [7, 11) is 1.60. The summed E-state index contributed by atoms with van der Waals surface area (Å²) in [6.07, 6.45) is 1.66. The molecule has 0 amide bonds. The first-order valence-corrected chi connectivity index (χ1v) is 10.7. The molecular weight excluding hydrogens is 464 g/mol. The Bertz CT molecular complexity index is 1520. The molecule has 0 aliphatic carbocycles. The highest BCUT2D eigenvalue weighted by Crippen LogP contribution is 2.35. The minimum absolute atomic E-state index is 0.0274. The average molecular weight is 482 g/mol. The first-order chi connectivity index (χ1) is 16.3. The molecule has 0 N–H and O–H groups in total. The molecule has 0 aliphatic rings. The van der Waals surface area contributed by atoms with Gasteiger partial charge in [-0.3, -0.25) is 4.98 Å². The van der Waals surface area contributed by atoms with E-state index in [1.54, 1.807) is 42.1 Å². The van der Waals surface area contributed by atoms with E-state index in [1.165, 1.54) is 12.1 Å². The standard InChI is InChI=1S/C24H18ClF2N5O2/c1-24(26,27)17-6-3-14(11-18(17)25)19-7-8-22-29-30-23(32(22)31-19)13-34-21-9-10-28-20-12-15(33-2)4-5-16(20)21/h3-12H,13H2,1-2H3. The fourth-order valence-electron chi connectivity index (χ4n) is 3.60. The molecule has 0 radical (unpaired) electrons. The van der Waals surface area contributed by atoms with Gasteiger partial charge in [-0.05, 0) is 36.4 Å². The summed E-state index contributed by atoms with van der Waals surface area (Å²) < 4.78 is 40.2. The van der Waals surface area contributed by atoms with Gasteiger partial charge in [-0.2, -0.15) is 9.61 Å². The number of ether oxygens (including phenoxy) is 2. The van der Waals surface area contributed by atoms with E-state index in [0.29, 0.717) is 34.2 Å². The second-order valence-corrected chi connectivity index (χ2v) is 8.08. The number of rotatable bonds is 6. The van der Waals surface area contributed by atoms with Crippen molar-refractivity contribution in [3.8, 4) is 22.8 Å². The van der Waals surface area contributed by atoms with Crippen LogP contribution in [0, 0.1) is 0 Å². The maximum absolute atomic E-state index is 13.7. The van der Waals surface area contributed by atoms with Gasteiger partial charge < -0.3 is 9.47 Å². The lowest BCUT2D eigenvalue weighted by molar-refractivity contribution is 0.0176. The Morgan fingerprint density at radius 3 is 2.65 bits per heavy atom. The molecule has 10 heteroatoms. The Balaban J connectivity index is 1.44. The number of hydrogen-bond donors (Lipinski definition) is 0. The molecular formula is C24H18ClF2N5O2. The lowest BCUT2D eigenvalue weighted by atomic mass is 10.1. The minimum Gasteiger partial charge on any atom is -0.497 e. The number of alkyl halides is 2. The predicted octanol–water partition coefficient (Wildman–Crippen LogP) is 5.69. The number of pyridine rings is 1. The predicted molar refractivity (Wildman–Crippen MR) is 123 cm³/mol. The van der Waals surface area contributed by atoms with Crippen LogP contribution in [0.2, 0.25) is 5.02 Å². The highest BCUT2D eigenvalue weighted by atomic mass is 35.5. The summed E-state index contributed by atoms with van der Waals surface area (Å²) in [5.74, 6) is -1.23. The molecule has 7 nitrogen and oxygen atoms in total. The quantitative estimate of drug-likeness (QED) is 0.310. The second-order valence-electron chi connectivity index (χ2n) is 7.67. The second kappa shape index (κ2) is 8.49. The van der Waals surface area contributed by atoms with Crippen molar-refractivity contribution in [2.24, 2.45) is 0 Å². The maximum Gasteiger partial charge on any atom is 0.271 e. The van der Waals surface area contributed by atoms with Crippen LogP contribution in [0.25, 0.3) is 27.8 Å². The van der Waals surface area contributed by atoms with Crippen molar-refractivity contribution in [3.05, 3.63) is 77.2 Å². The van der Waals surface area contributed by atoms with E-state index in [0.717, 1.165) is 17.8 Å². The molecule has 34 heavy (non-hydrogen) atoms. The van der Waals surface area contributed by atoms with Crippen molar-refractivity contribution >= 4 is 28.2 Å². The third kappa shape index (κ3) is 4.10. The normalized spacial score (nSPS) is 11.8. The Hall–Kier alpha value is -3.85. The monoisotopic (exact) mass is 481 g/mol. The fraction of sp³-hybridized carbons (Fsp3) is 0.167. The van der Waals surface area contributed by atoms with Gasteiger partial charge in [0.1, 0.15) is 18.1 Å². The van der Waals surface area contributed by atoms with Gasteiger partial charge in [0.25, 0.3) is 5.92 Å². The summed E-state index contributed by atoms with van der Waals surface area (Å²) >= 11 is 6.10. The van der Waals surface area contributed by atoms with Crippen molar-refractivity contribution < 1.29 is 18.3 Å². The lowest BCUT2D eigenvalue weighted by Crippen LogP contribution is -2.08. The number of aromatic nitrogens is 5. The van der Waals surface area contributed by atoms with Crippen LogP contribution in [0.1, 0.15) is 18.3 Å². The first kappa shape index (κ1) is 22.0. The molecule has 3 heterocycles. The molecule has 5 rings (SSSR count). The van der Waals surface area contributed by atoms with Gasteiger partial charge >= 0.3 is 0 Å². The lowest BCUT2D eigenvalue weighted by Gasteiger charge is -2.13. The van der Waals surface area contributed by atoms with E-state index in [4.69, 9.17) is 21.1 Å². The molecule has 0 saturated heterocycles. The van der Waals surface area contributed by atoms with E-state index < -0.39 is 5.92 Å². The highest BCUT2D eigenvalue weighted by Gasteiger charge is 2.27. The van der Waals surface area contributed by atoms with Gasteiger partial charge in [0.2, 0.25) is 0 Å². The summed E-state index contributed by atoms with van der Waals surface area (Å²) in [5.41, 5.74) is 2.15. The smallest absolute Gasteiger partial charge is 0.271 e. The Labute approximate surface area is 197 Å². The SMILES string of the molecule is COc1ccc2c(OCc3nnc4ccc(-c5ccc(C(C)(F)F)c(Cl)c5)nn34)ccnc2c1. The van der Waals surface area contributed by atoms with Crippen LogP contribution in [-0.2, 0) is 12.5 Å². The molecule has 0 spiro atoms. The highest BCUT2D eigenvalue weighted by molar-refractivity contribution is 6.31. The van der Waals surface area contributed by atoms with Crippen molar-refractivity contribution in [2.45, 2.75) is 19.5 Å². The molecule has 0 aliphatic heterocycles. The summed E-state index contributed by atoms with van der Waals surface area (Å²) in [5, 5.41) is 13.7. The molecule has 5 aromatic rings. The Morgan fingerprint density at radius 1 is 1.03 bits per heavy atom. The molecule has 0 atom stereocenters. The summed E-state index contributed by atoms with van der Waals surface area (Å²) in [4.78, 5) is 4.36. The Morgan fingerprint density at radius 2 is 1.88 bits per heavy atom. The van der Waals surface area contributed by atoms with Crippen LogP contribution >= 0.6 is 11.6 Å². The number of fused-ring (bicyclic) bond motifs is 2. The van der Waals surface area contributed by atoms with E-state index in [-0.39, 0.29) is 17.2 Å². The third-order valence-electron chi connectivity index (χ3n) is 5.33. The topological polar surface area (TPSA) is 74.4 Å². The number of halogens is 3. The molecule has 0 unspecified atom stereocenters. The van der Waals surface area contributed by atoms with Crippen LogP contribution in [0.4, 0.5) is 8.78 Å². The maximum atomic E-state index is 13.7. The van der Waals surface area contributed by atoms with Gasteiger partial charge in [0.05, 0.1) is 23.3 Å². The minimum atomic E-state index is -3.03. The zero-order valence-electron chi connectivity index (χ0n) is 18.2. The van der Waals surface area contributed by atoms with Crippen LogP contribution < -0.4 is 9.47 Å². The van der Waals surface area contributed by atoms with Crippen molar-refractivity contribution in [3.63, 3.8) is 0 Å². The average Bonchev–Trinajstić information content (AvgIpc) is 3.23. The van der Waals surface area contributed by atoms with Crippen molar-refractivity contribution in [1.29, 1.82) is 0 Å². The first-order valence-electron chi connectivity index (χ1n) is 10.3. The van der Waals surface area contributed by atoms with E-state index in [1.807, 2.05) is 18.2 Å². The molecule has 3 aromatic heterocycles. The van der Waals surface area contributed by atoms with Crippen molar-refractivity contribution in [1.82, 2.24) is 24.8 Å². The van der Waals surface area contributed by atoms with Gasteiger partial charge in [-0.15, -0.1) is 10.2 Å². The molecule has 172 valence electrons. The van der Waals surface area contributed by atoms with E-state index in [2.05, 4.69) is 20.3 Å². The van der Waals surface area contributed by atoms with E-state index in [9.17, 15) is 8.78 Å². The zero-order chi connectivity index (χ0) is 23.9. The van der Waals surface area contributed by atoms with Crippen LogP contribution in [0.15, 0.2) is 60.8 Å². The molecule has 0 saturated carbocycles. The number of nitrogens with zero attached hydrogens (tertiary/aromatic N) is 5. The van der Waals surface area contributed by atoms with Gasteiger partial charge in [-0.25, -0.2) is 8.78 Å². The number of benzene rings is 2. The Kier molecular flexibility index (Phi) is 5.49. The summed E-state index contributed by atoms with van der Waals surface area (Å²) in [6.45, 7) is 0.911. The van der Waals surface area contributed by atoms with E-state index >= 15 is 0 Å². The van der Waals surface area contributed by atoms with Crippen LogP contribution in [-0.4, -0.2) is 31.9 Å². The van der Waals surface area contributed by atoms with Gasteiger partial charge in [0, 0.05) is 35.7 Å². The van der Waals surface area contributed by atoms with Crippen LogP contribution in [0.3, 0.4) is 0 Å². The fourth-order valence-corrected chi connectivity index (χ4v) is 3.95. The number of hydrogen-bond acceptors (Lipinski definition) is 6. The zero-order valence-corrected chi connectivity index (χ0v) is 18.9. The molecule has 0 bridgehead atoms. The van der Waals surface area contributed by atoms with Crippen molar-refractivity contribution in [2.75, 3.05) is 7.11 Å². The van der Waals surface area contributed by atoms with Crippen LogP contribution in [0.5, 0.6) is 11.5 Å². The summed E-state index contributed by atoms with van der Waals surface area (Å²) in [6, 6.07) is 15.1. The third-order valence-corrected chi connectivity index (χ3v) is 5.64. The molecule has 0 fully saturated rings. The number of methoxy groups -OCH3 is 1. The van der Waals surface area contributed by atoms with Gasteiger partial charge in [0.15, 0.2) is 11.5 Å².